The first-order valence-corrected chi connectivity index (χ1v) is 14.1. The van der Waals surface area contributed by atoms with Crippen molar-refractivity contribution in [2.45, 2.75) is 44.4 Å². The minimum absolute atomic E-state index is 0.00776. The molecule has 0 atom stereocenters. The summed E-state index contributed by atoms with van der Waals surface area (Å²) < 4.78 is 11.4. The fourth-order valence-corrected chi connectivity index (χ4v) is 4.71. The molecule has 5 rings (SSSR count). The Bertz CT molecular complexity index is 1420. The third kappa shape index (κ3) is 7.26. The number of carbonyl (C=O) groups is 2. The first-order valence-electron chi connectivity index (χ1n) is 14.1. The van der Waals surface area contributed by atoms with E-state index in [2.05, 4.69) is 48.1 Å². The zero-order valence-electron chi connectivity index (χ0n) is 24.3. The van der Waals surface area contributed by atoms with Crippen LogP contribution in [0.2, 0.25) is 0 Å². The highest BCUT2D eigenvalue weighted by molar-refractivity contribution is 6.60. The van der Waals surface area contributed by atoms with Crippen molar-refractivity contribution in [2.75, 3.05) is 30.8 Å². The first kappa shape index (κ1) is 28.7. The number of anilines is 3. The molecular weight excluding hydrogens is 521 g/mol. The zero-order chi connectivity index (χ0) is 29.1. The average Bonchev–Trinajstić information content (AvgIpc) is 3.68. The smallest absolute Gasteiger partial charge is 0.272 e. The molecule has 1 saturated carbocycles. The van der Waals surface area contributed by atoms with Crippen LogP contribution in [0, 0.1) is 11.8 Å². The first-order chi connectivity index (χ1) is 19.6. The van der Waals surface area contributed by atoms with Crippen molar-refractivity contribution in [3.63, 3.8) is 0 Å². The van der Waals surface area contributed by atoms with E-state index in [9.17, 15) is 9.59 Å². The fourth-order valence-electron chi connectivity index (χ4n) is 4.71. The lowest BCUT2D eigenvalue weighted by Gasteiger charge is -2.28. The van der Waals surface area contributed by atoms with Crippen molar-refractivity contribution < 1.29 is 18.8 Å². The van der Waals surface area contributed by atoms with E-state index in [1.54, 1.807) is 13.2 Å². The second kappa shape index (κ2) is 11.9. The second-order valence-electron chi connectivity index (χ2n) is 11.9. The summed E-state index contributed by atoms with van der Waals surface area (Å²) in [5.74, 6) is 1.88. The molecule has 0 bridgehead atoms. The maximum absolute atomic E-state index is 13.1. The van der Waals surface area contributed by atoms with E-state index in [4.69, 9.17) is 9.26 Å². The van der Waals surface area contributed by atoms with Gasteiger partial charge in [-0.3, -0.25) is 14.5 Å². The number of methoxy groups -OCH3 is 1. The largest absolute Gasteiger partial charge is 0.494 e. The van der Waals surface area contributed by atoms with Gasteiger partial charge in [0.25, 0.3) is 11.8 Å². The molecule has 212 valence electrons. The molecule has 0 radical (unpaired) electrons. The summed E-state index contributed by atoms with van der Waals surface area (Å²) in [5, 5.41) is 21.0. The van der Waals surface area contributed by atoms with Gasteiger partial charge in [-0.25, -0.2) is 0 Å². The fraction of sp³-hybridized carbons (Fsp3) is 0.462. The van der Waals surface area contributed by atoms with Gasteiger partial charge >= 0.3 is 0 Å². The molecule has 2 amide bonds. The molecule has 3 N–H and O–H groups in total. The summed E-state index contributed by atoms with van der Waals surface area (Å²) in [7, 11) is 7.20. The van der Waals surface area contributed by atoms with Gasteiger partial charge in [-0.2, -0.15) is 4.98 Å². The molecule has 0 spiro atoms. The Morgan fingerprint density at radius 2 is 1.88 bits per heavy atom. The highest BCUT2D eigenvalue weighted by Gasteiger charge is 2.30. The number of benzene rings is 1. The highest BCUT2D eigenvalue weighted by Crippen LogP contribution is 2.38. The van der Waals surface area contributed by atoms with Crippen LogP contribution < -0.4 is 20.7 Å². The monoisotopic (exact) mass is 556 g/mol. The Balaban J connectivity index is 1.42. The van der Waals surface area contributed by atoms with Crippen LogP contribution in [-0.2, 0) is 11.3 Å². The van der Waals surface area contributed by atoms with Crippen molar-refractivity contribution in [3.05, 3.63) is 35.8 Å². The number of carbonyl (C=O) groups excluding carboxylic acids is 2. The van der Waals surface area contributed by atoms with Crippen LogP contribution in [0.15, 0.2) is 28.8 Å². The minimum Gasteiger partial charge on any atom is -0.494 e. The lowest BCUT2D eigenvalue weighted by Crippen LogP contribution is -2.50. The minimum atomic E-state index is -0.491. The Morgan fingerprint density at radius 3 is 2.56 bits per heavy atom. The van der Waals surface area contributed by atoms with Gasteiger partial charge in [0.2, 0.25) is 5.91 Å². The Labute approximate surface area is 242 Å². The molecule has 12 nitrogen and oxygen atoms in total. The molecule has 2 aromatic heterocycles. The van der Waals surface area contributed by atoms with Crippen LogP contribution in [0.1, 0.15) is 48.9 Å². The SMILES string of the molecule is BC(B)(B)NC(=O)c1nnc(NC(=O)C2CC2)cc1Nc1cccc(-c2nc(CN3CCC(C)CC3)no2)c1OC. The van der Waals surface area contributed by atoms with Gasteiger partial charge in [-0.15, -0.1) is 10.2 Å². The van der Waals surface area contributed by atoms with Gasteiger partial charge in [-0.1, -0.05) is 18.1 Å². The van der Waals surface area contributed by atoms with E-state index < -0.39 is 11.1 Å². The molecule has 1 aliphatic carbocycles. The molecule has 3 aromatic rings. The van der Waals surface area contributed by atoms with E-state index in [-0.39, 0.29) is 23.3 Å². The molecule has 15 heteroatoms. The third-order valence-corrected chi connectivity index (χ3v) is 7.13. The molecule has 1 aromatic carbocycles. The maximum atomic E-state index is 13.1. The van der Waals surface area contributed by atoms with Gasteiger partial charge in [-0.05, 0) is 62.1 Å². The van der Waals surface area contributed by atoms with Crippen LogP contribution in [0.5, 0.6) is 5.75 Å². The number of rotatable bonds is 10. The summed E-state index contributed by atoms with van der Waals surface area (Å²) in [6.45, 7) is 4.94. The van der Waals surface area contributed by atoms with Gasteiger partial charge in [0.05, 0.1) is 30.6 Å². The number of amides is 2. The van der Waals surface area contributed by atoms with Crippen LogP contribution in [0.25, 0.3) is 11.5 Å². The summed E-state index contributed by atoms with van der Waals surface area (Å²) in [5.41, 5.74) is 1.59. The number of hydrogen-bond donors (Lipinski definition) is 3. The summed E-state index contributed by atoms with van der Waals surface area (Å²) >= 11 is 0. The maximum Gasteiger partial charge on any atom is 0.272 e. The van der Waals surface area contributed by atoms with Gasteiger partial charge < -0.3 is 25.2 Å². The third-order valence-electron chi connectivity index (χ3n) is 7.13. The molecule has 1 saturated heterocycles. The molecular formula is C26H35B3N8O4. The topological polar surface area (TPSA) is 147 Å². The van der Waals surface area contributed by atoms with E-state index in [1.807, 2.05) is 41.7 Å². The summed E-state index contributed by atoms with van der Waals surface area (Å²) in [4.78, 5) is 32.5. The number of hydrogen-bond acceptors (Lipinski definition) is 10. The number of nitrogens with zero attached hydrogens (tertiary/aromatic N) is 5. The number of ether oxygens (including phenoxy) is 1. The molecule has 3 heterocycles. The average molecular weight is 556 g/mol. The number of likely N-dealkylation sites (tertiary alicyclic amines) is 1. The molecule has 1 aliphatic heterocycles. The van der Waals surface area contributed by atoms with Crippen LogP contribution in [0.4, 0.5) is 17.2 Å². The van der Waals surface area contributed by atoms with Crippen molar-refractivity contribution >= 4 is 52.5 Å². The number of nitrogens with one attached hydrogen (secondary N) is 3. The molecule has 2 fully saturated rings. The Hall–Kier alpha value is -3.87. The number of aromatic nitrogens is 4. The number of para-hydroxylation sites is 1. The standard InChI is InChI=1S/C26H35B3N8O4/c1-14-8-10-37(11-9-14)13-20-32-25(41-36-20)16-4-3-5-17(22(16)40-2)30-18-12-19(31-23(38)15-6-7-15)34-35-21(18)24(39)33-26(27,28)29/h3-5,12,14-15H,6-11,13,27-29H2,1-2H3,(H,33,39)(H2,30,31,34,38). The summed E-state index contributed by atoms with van der Waals surface area (Å²) in [6, 6.07) is 7.07. The Kier molecular flexibility index (Phi) is 8.34. The number of piperidine rings is 1. The zero-order valence-corrected chi connectivity index (χ0v) is 24.3. The quantitative estimate of drug-likeness (QED) is 0.294. The van der Waals surface area contributed by atoms with E-state index in [0.717, 1.165) is 44.7 Å². The van der Waals surface area contributed by atoms with Crippen LogP contribution in [-0.4, -0.2) is 86.0 Å². The predicted molar refractivity (Wildman–Crippen MR) is 162 cm³/mol. The van der Waals surface area contributed by atoms with Crippen molar-refractivity contribution in [1.29, 1.82) is 0 Å². The molecule has 0 unspecified atom stereocenters. The van der Waals surface area contributed by atoms with Crippen molar-refractivity contribution in [3.8, 4) is 17.2 Å². The second-order valence-corrected chi connectivity index (χ2v) is 11.9. The highest BCUT2D eigenvalue weighted by atomic mass is 16.5. The normalized spacial score (nSPS) is 16.2. The van der Waals surface area contributed by atoms with E-state index in [0.29, 0.717) is 40.9 Å². The molecule has 2 aliphatic rings. The lowest BCUT2D eigenvalue weighted by molar-refractivity contribution is -0.117. The van der Waals surface area contributed by atoms with Crippen LogP contribution >= 0.6 is 0 Å². The van der Waals surface area contributed by atoms with Gasteiger partial charge in [0.1, 0.15) is 23.5 Å². The lowest BCUT2D eigenvalue weighted by atomic mass is 9.49. The van der Waals surface area contributed by atoms with Gasteiger partial charge in [0, 0.05) is 12.0 Å². The van der Waals surface area contributed by atoms with E-state index >= 15 is 0 Å². The van der Waals surface area contributed by atoms with Crippen molar-refractivity contribution in [2.24, 2.45) is 11.8 Å². The van der Waals surface area contributed by atoms with Crippen molar-refractivity contribution in [1.82, 2.24) is 30.6 Å². The molecule has 41 heavy (non-hydrogen) atoms. The summed E-state index contributed by atoms with van der Waals surface area (Å²) in [6.07, 6.45) is 4.04. The predicted octanol–water partition coefficient (Wildman–Crippen LogP) is 0.0996. The van der Waals surface area contributed by atoms with Gasteiger partial charge in [0.15, 0.2) is 23.1 Å². The van der Waals surface area contributed by atoms with Crippen LogP contribution in [0.3, 0.4) is 0 Å². The van der Waals surface area contributed by atoms with E-state index in [1.165, 1.54) is 0 Å². The Morgan fingerprint density at radius 1 is 1.12 bits per heavy atom.